The molecule has 0 aliphatic rings. The fraction of sp³-hybridized carbons (Fsp3) is 0.0625. The number of carbonyl (C=O) groups is 1. The predicted molar refractivity (Wildman–Crippen MR) is 87.9 cm³/mol. The molecule has 0 aliphatic heterocycles. The highest BCUT2D eigenvalue weighted by Crippen LogP contribution is 2.25. The Labute approximate surface area is 141 Å². The molecule has 0 aliphatic carbocycles. The highest BCUT2D eigenvalue weighted by molar-refractivity contribution is 7.99. The molecular formula is C16H11ClN2O3S. The van der Waals surface area contributed by atoms with Gasteiger partial charge in [-0.15, -0.1) is 10.2 Å². The molecule has 2 aromatic carbocycles. The summed E-state index contributed by atoms with van der Waals surface area (Å²) >= 11 is 6.97. The number of rotatable bonds is 5. The number of nitrogens with zero attached hydrogens (tertiary/aromatic N) is 2. The first kappa shape index (κ1) is 15.6. The minimum absolute atomic E-state index is 0.0453. The van der Waals surface area contributed by atoms with E-state index in [4.69, 9.17) is 16.0 Å². The normalized spacial score (nSPS) is 10.7. The molecule has 0 radical (unpaired) electrons. The number of aromatic nitrogens is 2. The Bertz CT molecular complexity index is 816. The number of halogens is 1. The number of phenols is 1. The topological polar surface area (TPSA) is 76.2 Å². The van der Waals surface area contributed by atoms with Gasteiger partial charge in [0.25, 0.3) is 5.22 Å². The van der Waals surface area contributed by atoms with Gasteiger partial charge >= 0.3 is 0 Å². The molecule has 0 amide bonds. The van der Waals surface area contributed by atoms with Gasteiger partial charge in [0.05, 0.1) is 5.75 Å². The number of phenolic OH excluding ortho intramolecular Hbond substituents is 1. The van der Waals surface area contributed by atoms with Crippen LogP contribution in [0.4, 0.5) is 0 Å². The summed E-state index contributed by atoms with van der Waals surface area (Å²) in [5.74, 6) is 0.651. The summed E-state index contributed by atoms with van der Waals surface area (Å²) in [6.07, 6.45) is 0. The zero-order valence-corrected chi connectivity index (χ0v) is 13.3. The molecule has 0 spiro atoms. The van der Waals surface area contributed by atoms with Crippen molar-refractivity contribution in [1.82, 2.24) is 10.2 Å². The first-order chi connectivity index (χ1) is 11.1. The molecule has 7 heteroatoms. The van der Waals surface area contributed by atoms with Gasteiger partial charge in [-0.25, -0.2) is 0 Å². The number of aromatic hydroxyl groups is 1. The largest absolute Gasteiger partial charge is 0.508 e. The van der Waals surface area contributed by atoms with Crippen molar-refractivity contribution >= 4 is 29.1 Å². The van der Waals surface area contributed by atoms with Gasteiger partial charge in [0.15, 0.2) is 5.78 Å². The molecule has 0 bridgehead atoms. The van der Waals surface area contributed by atoms with Crippen LogP contribution in [0.1, 0.15) is 10.4 Å². The van der Waals surface area contributed by atoms with Crippen LogP contribution in [0.3, 0.4) is 0 Å². The summed E-state index contributed by atoms with van der Waals surface area (Å²) in [5, 5.41) is 18.0. The summed E-state index contributed by atoms with van der Waals surface area (Å²) in [6, 6.07) is 13.1. The maximum absolute atomic E-state index is 12.1. The molecule has 0 saturated carbocycles. The van der Waals surface area contributed by atoms with Crippen molar-refractivity contribution in [3.63, 3.8) is 0 Å². The minimum Gasteiger partial charge on any atom is -0.508 e. The lowest BCUT2D eigenvalue weighted by Crippen LogP contribution is -2.01. The third-order valence-electron chi connectivity index (χ3n) is 3.01. The van der Waals surface area contributed by atoms with Crippen molar-refractivity contribution in [1.29, 1.82) is 0 Å². The average molecular weight is 347 g/mol. The number of thioether (sulfide) groups is 1. The lowest BCUT2D eigenvalue weighted by Gasteiger charge is -1.99. The predicted octanol–water partition coefficient (Wildman–Crippen LogP) is 4.07. The van der Waals surface area contributed by atoms with Crippen LogP contribution >= 0.6 is 23.4 Å². The SMILES string of the molecule is O=C(CSc1nnc(-c2ccc(O)cc2)o1)c1ccc(Cl)cc1. The van der Waals surface area contributed by atoms with E-state index in [1.165, 1.54) is 23.9 Å². The molecule has 0 saturated heterocycles. The van der Waals surface area contributed by atoms with Gasteiger partial charge in [-0.05, 0) is 48.5 Å². The van der Waals surface area contributed by atoms with Gasteiger partial charge in [0.2, 0.25) is 5.89 Å². The summed E-state index contributed by atoms with van der Waals surface area (Å²) in [5.41, 5.74) is 1.28. The van der Waals surface area contributed by atoms with Crippen LogP contribution in [-0.4, -0.2) is 26.8 Å². The number of ketones is 1. The van der Waals surface area contributed by atoms with Gasteiger partial charge in [0.1, 0.15) is 5.75 Å². The fourth-order valence-electron chi connectivity index (χ4n) is 1.84. The summed E-state index contributed by atoms with van der Waals surface area (Å²) in [7, 11) is 0. The maximum atomic E-state index is 12.1. The Morgan fingerprint density at radius 1 is 1.09 bits per heavy atom. The third-order valence-corrected chi connectivity index (χ3v) is 4.08. The van der Waals surface area contributed by atoms with E-state index in [2.05, 4.69) is 10.2 Å². The van der Waals surface area contributed by atoms with E-state index in [9.17, 15) is 9.90 Å². The smallest absolute Gasteiger partial charge is 0.277 e. The Hall–Kier alpha value is -2.31. The van der Waals surface area contributed by atoms with Gasteiger partial charge in [-0.3, -0.25) is 4.79 Å². The van der Waals surface area contributed by atoms with E-state index in [0.717, 1.165) is 0 Å². The van der Waals surface area contributed by atoms with Crippen LogP contribution in [0.25, 0.3) is 11.5 Å². The van der Waals surface area contributed by atoms with E-state index in [1.807, 2.05) is 0 Å². The van der Waals surface area contributed by atoms with E-state index in [1.54, 1.807) is 36.4 Å². The molecule has 5 nitrogen and oxygen atoms in total. The second-order valence-corrected chi connectivity index (χ2v) is 6.00. The van der Waals surface area contributed by atoms with Crippen LogP contribution in [-0.2, 0) is 0 Å². The second-order valence-electron chi connectivity index (χ2n) is 4.64. The molecule has 1 aromatic heterocycles. The Balaban J connectivity index is 1.64. The van der Waals surface area contributed by atoms with Crippen LogP contribution < -0.4 is 0 Å². The molecular weight excluding hydrogens is 336 g/mol. The molecule has 3 aromatic rings. The average Bonchev–Trinajstić information content (AvgIpc) is 3.03. The zero-order valence-electron chi connectivity index (χ0n) is 11.8. The summed E-state index contributed by atoms with van der Waals surface area (Å²) in [4.78, 5) is 12.1. The lowest BCUT2D eigenvalue weighted by molar-refractivity contribution is 0.102. The number of hydrogen-bond acceptors (Lipinski definition) is 6. The molecule has 1 heterocycles. The summed E-state index contributed by atoms with van der Waals surface area (Å²) < 4.78 is 5.50. The standard InChI is InChI=1S/C16H11ClN2O3S/c17-12-5-1-10(2-6-12)14(21)9-23-16-19-18-15(22-16)11-3-7-13(20)8-4-11/h1-8,20H,9H2. The van der Waals surface area contributed by atoms with Crippen molar-refractivity contribution < 1.29 is 14.3 Å². The van der Waals surface area contributed by atoms with Crippen molar-refractivity contribution in [2.24, 2.45) is 0 Å². The zero-order chi connectivity index (χ0) is 16.2. The third kappa shape index (κ3) is 3.91. The molecule has 0 fully saturated rings. The van der Waals surface area contributed by atoms with Gasteiger partial charge in [-0.1, -0.05) is 23.4 Å². The van der Waals surface area contributed by atoms with Crippen LogP contribution in [0.15, 0.2) is 58.2 Å². The van der Waals surface area contributed by atoms with Crippen molar-refractivity contribution in [2.45, 2.75) is 5.22 Å². The highest BCUT2D eigenvalue weighted by atomic mass is 35.5. The second kappa shape index (κ2) is 6.85. The fourth-order valence-corrected chi connectivity index (χ4v) is 2.62. The van der Waals surface area contributed by atoms with Crippen molar-refractivity contribution in [3.05, 3.63) is 59.1 Å². The van der Waals surface area contributed by atoms with Gasteiger partial charge < -0.3 is 9.52 Å². The van der Waals surface area contributed by atoms with Crippen LogP contribution in [0.2, 0.25) is 5.02 Å². The Morgan fingerprint density at radius 2 is 1.78 bits per heavy atom. The number of carbonyl (C=O) groups excluding carboxylic acids is 1. The lowest BCUT2D eigenvalue weighted by atomic mass is 10.1. The van der Waals surface area contributed by atoms with E-state index >= 15 is 0 Å². The minimum atomic E-state index is -0.0453. The van der Waals surface area contributed by atoms with Crippen LogP contribution in [0.5, 0.6) is 5.75 Å². The molecule has 23 heavy (non-hydrogen) atoms. The number of benzene rings is 2. The molecule has 3 rings (SSSR count). The Kier molecular flexibility index (Phi) is 4.64. The van der Waals surface area contributed by atoms with E-state index in [-0.39, 0.29) is 17.3 Å². The van der Waals surface area contributed by atoms with Crippen molar-refractivity contribution in [2.75, 3.05) is 5.75 Å². The van der Waals surface area contributed by atoms with E-state index in [0.29, 0.717) is 27.3 Å². The molecule has 0 atom stereocenters. The first-order valence-corrected chi connectivity index (χ1v) is 8.02. The number of Topliss-reactive ketones (excluding diaryl/α,β-unsaturated/α-hetero) is 1. The van der Waals surface area contributed by atoms with Crippen LogP contribution in [0, 0.1) is 0 Å². The first-order valence-electron chi connectivity index (χ1n) is 6.66. The number of hydrogen-bond donors (Lipinski definition) is 1. The van der Waals surface area contributed by atoms with Crippen molar-refractivity contribution in [3.8, 4) is 17.2 Å². The molecule has 1 N–H and O–H groups in total. The Morgan fingerprint density at radius 3 is 2.48 bits per heavy atom. The summed E-state index contributed by atoms with van der Waals surface area (Å²) in [6.45, 7) is 0. The van der Waals surface area contributed by atoms with Gasteiger partial charge in [0, 0.05) is 16.1 Å². The van der Waals surface area contributed by atoms with Gasteiger partial charge in [-0.2, -0.15) is 0 Å². The quantitative estimate of drug-likeness (QED) is 0.554. The molecule has 116 valence electrons. The van der Waals surface area contributed by atoms with E-state index < -0.39 is 0 Å². The molecule has 0 unspecified atom stereocenters. The monoisotopic (exact) mass is 346 g/mol. The maximum Gasteiger partial charge on any atom is 0.277 e. The highest BCUT2D eigenvalue weighted by Gasteiger charge is 2.12.